The number of rotatable bonds is 2. The molecule has 4 nitrogen and oxygen atoms in total. The van der Waals surface area contributed by atoms with Gasteiger partial charge in [0, 0.05) is 22.2 Å². The van der Waals surface area contributed by atoms with Gasteiger partial charge in [-0.05, 0) is 25.5 Å². The van der Waals surface area contributed by atoms with E-state index in [0.717, 1.165) is 5.52 Å². The minimum absolute atomic E-state index is 0.150. The molecule has 0 saturated carbocycles. The number of carboxylic acids is 1. The van der Waals surface area contributed by atoms with Crippen molar-refractivity contribution in [1.82, 2.24) is 4.98 Å². The fourth-order valence-electron chi connectivity index (χ4n) is 2.10. The molecular weight excluding hydrogens is 206 g/mol. The van der Waals surface area contributed by atoms with E-state index in [2.05, 4.69) is 4.98 Å². The quantitative estimate of drug-likeness (QED) is 0.726. The Bertz CT molecular complexity index is 569. The molecule has 0 saturated heterocycles. The van der Waals surface area contributed by atoms with Crippen LogP contribution >= 0.6 is 0 Å². The zero-order valence-electron chi connectivity index (χ0n) is 9.16. The van der Waals surface area contributed by atoms with Crippen molar-refractivity contribution in [3.05, 3.63) is 29.0 Å². The van der Waals surface area contributed by atoms with E-state index in [0.29, 0.717) is 23.1 Å². The zero-order valence-corrected chi connectivity index (χ0v) is 9.16. The van der Waals surface area contributed by atoms with Crippen LogP contribution in [0.4, 0.5) is 0 Å². The second kappa shape index (κ2) is 3.56. The summed E-state index contributed by atoms with van der Waals surface area (Å²) in [5.41, 5.74) is 2.30. The van der Waals surface area contributed by atoms with Crippen LogP contribution in [0.3, 0.4) is 0 Å². The molecule has 3 N–H and O–H groups in total. The molecule has 1 aromatic carbocycles. The summed E-state index contributed by atoms with van der Waals surface area (Å²) in [7, 11) is 0. The molecule has 0 fully saturated rings. The molecule has 0 atom stereocenters. The number of aromatic carboxylic acids is 1. The lowest BCUT2D eigenvalue weighted by Crippen LogP contribution is -1.98. The van der Waals surface area contributed by atoms with Gasteiger partial charge in [0.1, 0.15) is 5.75 Å². The molecule has 2 rings (SSSR count). The standard InChI is InChI=1S/C12H13NO3/c1-3-7-9(14)5-4-8-11(7)10(12(15)16)6(2)13-8/h4-5,13-14H,3H2,1-2H3,(H,15,16). The van der Waals surface area contributed by atoms with Crippen molar-refractivity contribution >= 4 is 16.9 Å². The lowest BCUT2D eigenvalue weighted by molar-refractivity contribution is 0.0698. The summed E-state index contributed by atoms with van der Waals surface area (Å²) >= 11 is 0. The average Bonchev–Trinajstić information content (AvgIpc) is 2.54. The minimum Gasteiger partial charge on any atom is -0.508 e. The third-order valence-corrected chi connectivity index (χ3v) is 2.80. The largest absolute Gasteiger partial charge is 0.508 e. The summed E-state index contributed by atoms with van der Waals surface area (Å²) in [6, 6.07) is 3.28. The topological polar surface area (TPSA) is 73.3 Å². The Hall–Kier alpha value is -1.97. The number of phenols is 1. The maximum absolute atomic E-state index is 11.2. The van der Waals surface area contributed by atoms with Crippen molar-refractivity contribution in [2.45, 2.75) is 20.3 Å². The normalized spacial score (nSPS) is 10.9. The molecule has 1 heterocycles. The Morgan fingerprint density at radius 2 is 2.12 bits per heavy atom. The van der Waals surface area contributed by atoms with E-state index in [1.807, 2.05) is 6.92 Å². The average molecular weight is 219 g/mol. The van der Waals surface area contributed by atoms with Gasteiger partial charge >= 0.3 is 5.97 Å². The molecule has 0 aliphatic carbocycles. The Labute approximate surface area is 92.5 Å². The Morgan fingerprint density at radius 3 is 2.69 bits per heavy atom. The fourth-order valence-corrected chi connectivity index (χ4v) is 2.10. The highest BCUT2D eigenvalue weighted by Gasteiger charge is 2.18. The first-order chi connectivity index (χ1) is 7.56. The number of carboxylic acid groups (broad SMARTS) is 1. The molecule has 2 aromatic rings. The highest BCUT2D eigenvalue weighted by Crippen LogP contribution is 2.31. The predicted molar refractivity (Wildman–Crippen MR) is 61.0 cm³/mol. The van der Waals surface area contributed by atoms with Crippen LogP contribution in [0.15, 0.2) is 12.1 Å². The monoisotopic (exact) mass is 219 g/mol. The van der Waals surface area contributed by atoms with Gasteiger partial charge in [-0.3, -0.25) is 0 Å². The summed E-state index contributed by atoms with van der Waals surface area (Å²) in [5.74, 6) is -0.819. The van der Waals surface area contributed by atoms with Gasteiger partial charge in [-0.2, -0.15) is 0 Å². The Balaban J connectivity index is 2.94. The molecule has 0 amide bonds. The molecule has 84 valence electrons. The van der Waals surface area contributed by atoms with Crippen LogP contribution in [0.2, 0.25) is 0 Å². The summed E-state index contributed by atoms with van der Waals surface area (Å²) in [6.45, 7) is 3.61. The highest BCUT2D eigenvalue weighted by atomic mass is 16.4. The molecule has 16 heavy (non-hydrogen) atoms. The first-order valence-corrected chi connectivity index (χ1v) is 5.12. The van der Waals surface area contributed by atoms with Crippen molar-refractivity contribution < 1.29 is 15.0 Å². The first-order valence-electron chi connectivity index (χ1n) is 5.12. The Morgan fingerprint density at radius 1 is 1.44 bits per heavy atom. The number of aromatic hydroxyl groups is 1. The second-order valence-electron chi connectivity index (χ2n) is 3.77. The van der Waals surface area contributed by atoms with E-state index in [-0.39, 0.29) is 11.3 Å². The molecule has 0 aliphatic heterocycles. The maximum Gasteiger partial charge on any atom is 0.338 e. The van der Waals surface area contributed by atoms with E-state index in [9.17, 15) is 9.90 Å². The molecule has 0 aliphatic rings. The van der Waals surface area contributed by atoms with Crippen molar-refractivity contribution in [2.24, 2.45) is 0 Å². The van der Waals surface area contributed by atoms with Gasteiger partial charge in [0.2, 0.25) is 0 Å². The zero-order chi connectivity index (χ0) is 11.9. The number of benzene rings is 1. The number of phenolic OH excluding ortho intramolecular Hbond substituents is 1. The smallest absolute Gasteiger partial charge is 0.338 e. The van der Waals surface area contributed by atoms with Crippen LogP contribution in [-0.4, -0.2) is 21.2 Å². The summed E-state index contributed by atoms with van der Waals surface area (Å²) in [6.07, 6.45) is 0.598. The van der Waals surface area contributed by atoms with Crippen molar-refractivity contribution in [1.29, 1.82) is 0 Å². The van der Waals surface area contributed by atoms with E-state index < -0.39 is 5.97 Å². The van der Waals surface area contributed by atoms with E-state index in [1.54, 1.807) is 19.1 Å². The molecule has 0 radical (unpaired) electrons. The van der Waals surface area contributed by atoms with Gasteiger partial charge < -0.3 is 15.2 Å². The number of H-pyrrole nitrogens is 1. The molecule has 0 spiro atoms. The minimum atomic E-state index is -0.968. The Kier molecular flexibility index (Phi) is 2.34. The van der Waals surface area contributed by atoms with Crippen molar-refractivity contribution in [3.63, 3.8) is 0 Å². The van der Waals surface area contributed by atoms with Gasteiger partial charge in [0.05, 0.1) is 5.56 Å². The maximum atomic E-state index is 11.2. The number of hydrogen-bond donors (Lipinski definition) is 3. The van der Waals surface area contributed by atoms with Crippen LogP contribution in [0.5, 0.6) is 5.75 Å². The fraction of sp³-hybridized carbons (Fsp3) is 0.250. The summed E-state index contributed by atoms with van der Waals surface area (Å²) in [4.78, 5) is 14.2. The van der Waals surface area contributed by atoms with Crippen molar-refractivity contribution in [2.75, 3.05) is 0 Å². The lowest BCUT2D eigenvalue weighted by Gasteiger charge is -2.04. The van der Waals surface area contributed by atoms with Crippen LogP contribution in [0, 0.1) is 6.92 Å². The van der Waals surface area contributed by atoms with Gasteiger partial charge in [0.15, 0.2) is 0 Å². The van der Waals surface area contributed by atoms with Gasteiger partial charge in [-0.1, -0.05) is 6.92 Å². The van der Waals surface area contributed by atoms with Crippen LogP contribution in [0.1, 0.15) is 28.5 Å². The lowest BCUT2D eigenvalue weighted by atomic mass is 10.0. The van der Waals surface area contributed by atoms with E-state index in [1.165, 1.54) is 0 Å². The number of nitrogens with one attached hydrogen (secondary N) is 1. The molecule has 1 aromatic heterocycles. The van der Waals surface area contributed by atoms with E-state index >= 15 is 0 Å². The third kappa shape index (κ3) is 1.34. The number of aromatic amines is 1. The highest BCUT2D eigenvalue weighted by molar-refractivity contribution is 6.06. The number of fused-ring (bicyclic) bond motifs is 1. The number of hydrogen-bond acceptors (Lipinski definition) is 2. The number of aromatic nitrogens is 1. The second-order valence-corrected chi connectivity index (χ2v) is 3.77. The molecule has 4 heteroatoms. The van der Waals surface area contributed by atoms with Crippen molar-refractivity contribution in [3.8, 4) is 5.75 Å². The van der Waals surface area contributed by atoms with Gasteiger partial charge in [0.25, 0.3) is 0 Å². The van der Waals surface area contributed by atoms with Gasteiger partial charge in [-0.25, -0.2) is 4.79 Å². The van der Waals surface area contributed by atoms with Crippen LogP contribution in [-0.2, 0) is 6.42 Å². The third-order valence-electron chi connectivity index (χ3n) is 2.80. The summed E-state index contributed by atoms with van der Waals surface area (Å²) < 4.78 is 0. The first kappa shape index (κ1) is 10.5. The predicted octanol–water partition coefficient (Wildman–Crippen LogP) is 2.44. The molecule has 0 bridgehead atoms. The van der Waals surface area contributed by atoms with Crippen LogP contribution < -0.4 is 0 Å². The van der Waals surface area contributed by atoms with E-state index in [4.69, 9.17) is 5.11 Å². The SMILES string of the molecule is CCc1c(O)ccc2[nH]c(C)c(C(=O)O)c12. The number of aryl methyl sites for hydroxylation is 2. The molecular formula is C12H13NO3. The summed E-state index contributed by atoms with van der Waals surface area (Å²) in [5, 5.41) is 19.5. The molecule has 0 unspecified atom stereocenters. The number of carbonyl (C=O) groups is 1. The van der Waals surface area contributed by atoms with Crippen LogP contribution in [0.25, 0.3) is 10.9 Å². The van der Waals surface area contributed by atoms with Gasteiger partial charge in [-0.15, -0.1) is 0 Å².